The number of carbonyl (C=O) groups is 2. The molecular formula is C15H18F3NO6S. The second-order valence-corrected chi connectivity index (χ2v) is 7.63. The number of ether oxygens (including phenoxy) is 1. The number of alkyl halides is 3. The summed E-state index contributed by atoms with van der Waals surface area (Å²) in [6, 6.07) is 1.75. The first-order valence-electron chi connectivity index (χ1n) is 7.26. The van der Waals surface area contributed by atoms with Crippen LogP contribution < -0.4 is 4.72 Å². The summed E-state index contributed by atoms with van der Waals surface area (Å²) in [4.78, 5) is 23.8. The van der Waals surface area contributed by atoms with Gasteiger partial charge < -0.3 is 9.84 Å². The Hall–Kier alpha value is -2.30. The number of phenols is 1. The highest BCUT2D eigenvalue weighted by Crippen LogP contribution is 2.37. The summed E-state index contributed by atoms with van der Waals surface area (Å²) in [5.41, 5.74) is -0.723. The van der Waals surface area contributed by atoms with E-state index in [1.807, 2.05) is 4.72 Å². The minimum Gasteiger partial charge on any atom is -0.508 e. The highest BCUT2D eigenvalue weighted by molar-refractivity contribution is 7.92. The van der Waals surface area contributed by atoms with Crippen LogP contribution in [0.4, 0.5) is 18.9 Å². The third-order valence-corrected chi connectivity index (χ3v) is 3.70. The molecule has 0 radical (unpaired) electrons. The number of aryl methyl sites for hydroxylation is 1. The summed E-state index contributed by atoms with van der Waals surface area (Å²) in [5.74, 6) is -7.21. The van der Waals surface area contributed by atoms with Crippen molar-refractivity contribution in [3.63, 3.8) is 0 Å². The Morgan fingerprint density at radius 3 is 2.19 bits per heavy atom. The summed E-state index contributed by atoms with van der Waals surface area (Å²) in [6.45, 7) is 4.13. The summed E-state index contributed by atoms with van der Waals surface area (Å²) in [7, 11) is -3.80. The Balaban J connectivity index is 3.57. The highest BCUT2D eigenvalue weighted by Gasteiger charge is 2.49. The molecule has 0 saturated carbocycles. The first kappa shape index (κ1) is 21.7. The zero-order valence-electron chi connectivity index (χ0n) is 14.3. The topological polar surface area (TPSA) is 110 Å². The second-order valence-electron chi connectivity index (χ2n) is 5.88. The van der Waals surface area contributed by atoms with Gasteiger partial charge in [0.15, 0.2) is 5.92 Å². The van der Waals surface area contributed by atoms with E-state index in [2.05, 4.69) is 0 Å². The number of hydrogen-bond acceptors (Lipinski definition) is 6. The van der Waals surface area contributed by atoms with Gasteiger partial charge in [-0.05, 0) is 38.5 Å². The number of nitrogens with one attached hydrogen (secondary N) is 1. The lowest BCUT2D eigenvalue weighted by molar-refractivity contribution is -0.178. The van der Waals surface area contributed by atoms with Crippen LogP contribution in [-0.4, -0.2) is 43.8 Å². The monoisotopic (exact) mass is 397 g/mol. The predicted octanol–water partition coefficient (Wildman–Crippen LogP) is 2.24. The van der Waals surface area contributed by atoms with Crippen molar-refractivity contribution in [2.75, 3.05) is 11.0 Å². The predicted molar refractivity (Wildman–Crippen MR) is 86.3 cm³/mol. The molecule has 0 saturated heterocycles. The molecule has 1 atom stereocenters. The molecule has 0 amide bonds. The Bertz CT molecular complexity index is 817. The number of anilines is 1. The van der Waals surface area contributed by atoms with Crippen molar-refractivity contribution in [2.24, 2.45) is 0 Å². The van der Waals surface area contributed by atoms with Crippen LogP contribution in [0.5, 0.6) is 5.75 Å². The third kappa shape index (κ3) is 5.61. The van der Waals surface area contributed by atoms with Crippen molar-refractivity contribution < 1.29 is 41.0 Å². The van der Waals surface area contributed by atoms with Crippen LogP contribution in [0, 0.1) is 6.92 Å². The molecule has 0 heterocycles. The number of esters is 1. The first-order chi connectivity index (χ1) is 11.6. The molecule has 0 spiro atoms. The van der Waals surface area contributed by atoms with Crippen LogP contribution in [0.25, 0.3) is 0 Å². The van der Waals surface area contributed by atoms with Gasteiger partial charge in [-0.25, -0.2) is 8.42 Å². The average molecular weight is 397 g/mol. The number of benzene rings is 1. The Kier molecular flexibility index (Phi) is 6.29. The Morgan fingerprint density at radius 2 is 1.77 bits per heavy atom. The number of aromatic hydroxyl groups is 1. The minimum absolute atomic E-state index is 0.173. The fraction of sp³-hybridized carbons (Fsp3) is 0.467. The molecule has 0 fully saturated rings. The molecule has 11 heteroatoms. The van der Waals surface area contributed by atoms with E-state index >= 15 is 0 Å². The van der Waals surface area contributed by atoms with Gasteiger partial charge in [0, 0.05) is 5.56 Å². The highest BCUT2D eigenvalue weighted by atomic mass is 32.2. The van der Waals surface area contributed by atoms with Gasteiger partial charge in [0.05, 0.1) is 18.0 Å². The quantitative estimate of drug-likeness (QED) is 0.433. The van der Waals surface area contributed by atoms with E-state index in [4.69, 9.17) is 4.74 Å². The fourth-order valence-electron chi connectivity index (χ4n) is 2.09. The molecule has 0 unspecified atom stereocenters. The van der Waals surface area contributed by atoms with Gasteiger partial charge in [0.2, 0.25) is 10.0 Å². The van der Waals surface area contributed by atoms with E-state index in [1.54, 1.807) is 0 Å². The van der Waals surface area contributed by atoms with Crippen LogP contribution in [0.3, 0.4) is 0 Å². The van der Waals surface area contributed by atoms with Gasteiger partial charge in [-0.1, -0.05) is 0 Å². The van der Waals surface area contributed by atoms with Gasteiger partial charge in [-0.15, -0.1) is 0 Å². The second kappa shape index (κ2) is 7.52. The largest absolute Gasteiger partial charge is 0.508 e. The Morgan fingerprint density at radius 1 is 1.23 bits per heavy atom. The lowest BCUT2D eigenvalue weighted by Gasteiger charge is -2.20. The van der Waals surface area contributed by atoms with Crippen LogP contribution in [0.15, 0.2) is 12.1 Å². The van der Waals surface area contributed by atoms with Crippen LogP contribution in [0.2, 0.25) is 0 Å². The molecule has 0 aliphatic rings. The number of sulfonamides is 1. The maximum Gasteiger partial charge on any atom is 0.451 e. The van der Waals surface area contributed by atoms with Crippen LogP contribution in [0.1, 0.15) is 30.9 Å². The lowest BCUT2D eigenvalue weighted by atomic mass is 9.92. The molecule has 26 heavy (non-hydrogen) atoms. The number of carbonyl (C=O) groups excluding carboxylic acids is 2. The van der Waals surface area contributed by atoms with Crippen molar-refractivity contribution in [3.8, 4) is 5.75 Å². The lowest BCUT2D eigenvalue weighted by Crippen LogP contribution is -2.35. The molecule has 0 aromatic heterocycles. The van der Waals surface area contributed by atoms with Crippen molar-refractivity contribution in [3.05, 3.63) is 23.3 Å². The maximum absolute atomic E-state index is 12.9. The minimum atomic E-state index is -5.37. The number of halogens is 3. The van der Waals surface area contributed by atoms with E-state index in [0.29, 0.717) is 0 Å². The SMILES string of the molecule is Cc1cc(O)c([C@@H](C(=O)OC(C)C)C(=O)C(F)(F)F)cc1NS(C)(=O)=O. The molecule has 0 aliphatic heterocycles. The van der Waals surface area contributed by atoms with Gasteiger partial charge in [0.25, 0.3) is 5.78 Å². The van der Waals surface area contributed by atoms with Gasteiger partial charge in [0.1, 0.15) is 5.75 Å². The number of rotatable bonds is 6. The first-order valence-corrected chi connectivity index (χ1v) is 9.15. The third-order valence-electron chi connectivity index (χ3n) is 3.11. The molecule has 1 aromatic rings. The molecule has 1 aromatic carbocycles. The number of ketones is 1. The molecule has 1 rings (SSSR count). The molecule has 7 nitrogen and oxygen atoms in total. The van der Waals surface area contributed by atoms with Crippen molar-refractivity contribution >= 4 is 27.5 Å². The summed E-state index contributed by atoms with van der Waals surface area (Å²) in [6.07, 6.45) is -5.38. The van der Waals surface area contributed by atoms with Crippen LogP contribution in [-0.2, 0) is 24.3 Å². The van der Waals surface area contributed by atoms with E-state index in [-0.39, 0.29) is 11.3 Å². The summed E-state index contributed by atoms with van der Waals surface area (Å²) < 4.78 is 68.2. The van der Waals surface area contributed by atoms with Crippen molar-refractivity contribution in [1.82, 2.24) is 0 Å². The van der Waals surface area contributed by atoms with Gasteiger partial charge in [-0.2, -0.15) is 13.2 Å². The zero-order chi connectivity index (χ0) is 20.4. The number of Topliss-reactive ketones (excluding diaryl/α,β-unsaturated/α-hetero) is 1. The van der Waals surface area contributed by atoms with E-state index in [0.717, 1.165) is 18.4 Å². The molecule has 0 aliphatic carbocycles. The van der Waals surface area contributed by atoms with Gasteiger partial charge >= 0.3 is 12.1 Å². The van der Waals surface area contributed by atoms with Crippen molar-refractivity contribution in [2.45, 2.75) is 39.0 Å². The maximum atomic E-state index is 12.9. The Labute approximate surface area is 148 Å². The summed E-state index contributed by atoms with van der Waals surface area (Å²) in [5, 5.41) is 9.98. The summed E-state index contributed by atoms with van der Waals surface area (Å²) >= 11 is 0. The average Bonchev–Trinajstić information content (AvgIpc) is 2.40. The smallest absolute Gasteiger partial charge is 0.451 e. The molecule has 146 valence electrons. The molecular weight excluding hydrogens is 379 g/mol. The number of phenolic OH excluding ortho intramolecular Hbond substituents is 1. The van der Waals surface area contributed by atoms with E-state index in [9.17, 15) is 36.3 Å². The zero-order valence-corrected chi connectivity index (χ0v) is 15.2. The van der Waals surface area contributed by atoms with Crippen LogP contribution >= 0.6 is 0 Å². The molecule has 2 N–H and O–H groups in total. The normalized spacial score (nSPS) is 13.4. The van der Waals surface area contributed by atoms with E-state index in [1.165, 1.54) is 20.8 Å². The standard InChI is InChI=1S/C15H18F3NO6S/c1-7(2)25-14(22)12(13(21)15(16,17)18)9-6-10(19-26(4,23)24)8(3)5-11(9)20/h5-7,12,19-20H,1-4H3/t12-/m1/s1. The fourth-order valence-corrected chi connectivity index (χ4v) is 2.71. The van der Waals surface area contributed by atoms with Gasteiger partial charge in [-0.3, -0.25) is 14.3 Å². The molecule has 0 bridgehead atoms. The van der Waals surface area contributed by atoms with E-state index < -0.39 is 51.3 Å². The number of hydrogen-bond donors (Lipinski definition) is 2. The van der Waals surface area contributed by atoms with Crippen molar-refractivity contribution in [1.29, 1.82) is 0 Å².